The molecule has 1 rings (SSSR count). The maximum Gasteiger partial charge on any atom is 0.411 e. The summed E-state index contributed by atoms with van der Waals surface area (Å²) in [7, 11) is 1.44. The molecule has 0 aliphatic heterocycles. The Bertz CT molecular complexity index is 575. The number of carbonyl (C=O) groups is 2. The molecule has 7 heteroatoms. The summed E-state index contributed by atoms with van der Waals surface area (Å²) < 4.78 is 30.3. The number of carbonyl (C=O) groups excluding carboxylic acids is 2. The number of benzene rings is 1. The van der Waals surface area contributed by atoms with Gasteiger partial charge in [0.05, 0.1) is 0 Å². The van der Waals surface area contributed by atoms with Gasteiger partial charge in [-0.25, -0.2) is 4.79 Å². The number of rotatable bonds is 5. The van der Waals surface area contributed by atoms with Gasteiger partial charge in [0.15, 0.2) is 0 Å². The number of likely N-dealkylation sites (N-methyl/N-ethyl adjacent to an activating group) is 1. The van der Waals surface area contributed by atoms with Crippen LogP contribution in [0, 0.1) is 0 Å². The monoisotopic (exact) mass is 345 g/mol. The van der Waals surface area contributed by atoms with E-state index in [9.17, 15) is 18.4 Å². The minimum Gasteiger partial charge on any atom is -0.444 e. The highest BCUT2D eigenvalue weighted by Crippen LogP contribution is 2.32. The van der Waals surface area contributed by atoms with Gasteiger partial charge >= 0.3 is 6.09 Å². The zero-order valence-corrected chi connectivity index (χ0v) is 14.6. The average molecular weight is 345 g/mol. The highest BCUT2D eigenvalue weighted by atomic mass is 32.2. The number of thioether (sulfide) groups is 1. The van der Waals surface area contributed by atoms with Gasteiger partial charge in [0, 0.05) is 11.9 Å². The molecule has 0 heterocycles. The predicted octanol–water partition coefficient (Wildman–Crippen LogP) is 4.28. The van der Waals surface area contributed by atoms with Gasteiger partial charge in [0.1, 0.15) is 17.4 Å². The van der Waals surface area contributed by atoms with Crippen molar-refractivity contribution in [1.82, 2.24) is 4.90 Å². The van der Waals surface area contributed by atoms with Crippen LogP contribution >= 0.6 is 11.8 Å². The van der Waals surface area contributed by atoms with Gasteiger partial charge in [0.2, 0.25) is 0 Å². The van der Waals surface area contributed by atoms with Crippen molar-refractivity contribution >= 4 is 24.1 Å². The lowest BCUT2D eigenvalue weighted by molar-refractivity contribution is -0.117. The van der Waals surface area contributed by atoms with E-state index in [1.54, 1.807) is 32.9 Å². The first-order valence-corrected chi connectivity index (χ1v) is 7.86. The molecular formula is C16H21F2NO3S. The number of aldehydes is 1. The summed E-state index contributed by atoms with van der Waals surface area (Å²) in [5, 5.41) is 0. The second-order valence-corrected chi connectivity index (χ2v) is 7.27. The third-order valence-corrected chi connectivity index (χ3v) is 3.94. The number of hydrogen-bond donors (Lipinski definition) is 0. The van der Waals surface area contributed by atoms with Crippen LogP contribution < -0.4 is 0 Å². The molecule has 0 saturated carbocycles. The molecule has 1 unspecified atom stereocenters. The molecule has 1 aromatic carbocycles. The molecule has 1 atom stereocenters. The smallest absolute Gasteiger partial charge is 0.411 e. The third kappa shape index (κ3) is 5.20. The first kappa shape index (κ1) is 19.4. The molecule has 0 spiro atoms. The van der Waals surface area contributed by atoms with E-state index in [1.807, 2.05) is 0 Å². The van der Waals surface area contributed by atoms with Crippen molar-refractivity contribution in [3.05, 3.63) is 29.8 Å². The minimum absolute atomic E-state index is 0.322. The van der Waals surface area contributed by atoms with Crippen LogP contribution in [0.4, 0.5) is 13.6 Å². The lowest BCUT2D eigenvalue weighted by atomic mass is 9.92. The number of halogens is 2. The third-order valence-electron chi connectivity index (χ3n) is 3.24. The van der Waals surface area contributed by atoms with E-state index in [0.29, 0.717) is 28.5 Å². The fourth-order valence-corrected chi connectivity index (χ4v) is 2.41. The number of ether oxygens (including phenoxy) is 1. The van der Waals surface area contributed by atoms with Crippen molar-refractivity contribution in [2.45, 2.75) is 49.5 Å². The SMILES string of the molecule is CN(C(=O)OC(C)(C)C)C(C)(C=O)c1cccc(SC(F)F)c1. The Morgan fingerprint density at radius 2 is 1.91 bits per heavy atom. The molecule has 128 valence electrons. The van der Waals surface area contributed by atoms with Crippen LogP contribution in [0.3, 0.4) is 0 Å². The standard InChI is InChI=1S/C16H21F2NO3S/c1-15(2,3)22-14(21)19(5)16(4,10-20)11-7-6-8-12(9-11)23-13(17)18/h6-10,13H,1-5H3. The molecule has 0 aliphatic rings. The Labute approximate surface area is 139 Å². The Kier molecular flexibility index (Phi) is 6.16. The molecule has 0 N–H and O–H groups in total. The summed E-state index contributed by atoms with van der Waals surface area (Å²) in [6.45, 7) is 6.70. The molecule has 0 aliphatic carbocycles. The molecule has 1 aromatic rings. The van der Waals surface area contributed by atoms with Crippen molar-refractivity contribution in [2.75, 3.05) is 7.05 Å². The highest BCUT2D eigenvalue weighted by Gasteiger charge is 2.37. The van der Waals surface area contributed by atoms with Crippen molar-refractivity contribution in [3.8, 4) is 0 Å². The summed E-state index contributed by atoms with van der Waals surface area (Å²) in [4.78, 5) is 25.4. The van der Waals surface area contributed by atoms with Crippen LogP contribution in [0.25, 0.3) is 0 Å². The van der Waals surface area contributed by atoms with Crippen molar-refractivity contribution < 1.29 is 23.1 Å². The van der Waals surface area contributed by atoms with Crippen molar-refractivity contribution in [3.63, 3.8) is 0 Å². The maximum absolute atomic E-state index is 12.5. The molecule has 4 nitrogen and oxygen atoms in total. The van der Waals surface area contributed by atoms with Crippen molar-refractivity contribution in [1.29, 1.82) is 0 Å². The Morgan fingerprint density at radius 1 is 1.30 bits per heavy atom. The van der Waals surface area contributed by atoms with E-state index in [4.69, 9.17) is 4.74 Å². The first-order valence-electron chi connectivity index (χ1n) is 6.98. The van der Waals surface area contributed by atoms with Crippen LogP contribution in [0.15, 0.2) is 29.2 Å². The van der Waals surface area contributed by atoms with Gasteiger partial charge in [-0.1, -0.05) is 23.9 Å². The lowest BCUT2D eigenvalue weighted by Crippen LogP contribution is -2.48. The van der Waals surface area contributed by atoms with E-state index < -0.39 is 23.0 Å². The zero-order valence-electron chi connectivity index (χ0n) is 13.8. The van der Waals surface area contributed by atoms with Crippen LogP contribution in [0.1, 0.15) is 33.3 Å². The fourth-order valence-electron chi connectivity index (χ4n) is 1.85. The molecule has 1 amide bonds. The summed E-state index contributed by atoms with van der Waals surface area (Å²) in [5.41, 5.74) is -1.59. The molecular weight excluding hydrogens is 324 g/mol. The maximum atomic E-state index is 12.5. The second kappa shape index (κ2) is 7.29. The van der Waals surface area contributed by atoms with Crippen LogP contribution in [0.2, 0.25) is 0 Å². The molecule has 0 bridgehead atoms. The van der Waals surface area contributed by atoms with Crippen LogP contribution in [0.5, 0.6) is 0 Å². The van der Waals surface area contributed by atoms with Crippen LogP contribution in [-0.2, 0) is 15.1 Å². The van der Waals surface area contributed by atoms with Gasteiger partial charge in [-0.15, -0.1) is 0 Å². The molecule has 0 fully saturated rings. The van der Waals surface area contributed by atoms with Gasteiger partial charge in [-0.3, -0.25) is 4.90 Å². The van der Waals surface area contributed by atoms with Gasteiger partial charge in [0.25, 0.3) is 5.76 Å². The van der Waals surface area contributed by atoms with Crippen molar-refractivity contribution in [2.24, 2.45) is 0 Å². The summed E-state index contributed by atoms with van der Waals surface area (Å²) in [5.74, 6) is -2.56. The number of hydrogen-bond acceptors (Lipinski definition) is 4. The van der Waals surface area contributed by atoms with E-state index in [0.717, 1.165) is 4.90 Å². The Balaban J connectivity index is 3.13. The molecule has 0 aromatic heterocycles. The molecule has 0 saturated heterocycles. The number of alkyl halides is 2. The normalized spacial score (nSPS) is 14.3. The predicted molar refractivity (Wildman–Crippen MR) is 85.7 cm³/mol. The largest absolute Gasteiger partial charge is 0.444 e. The lowest BCUT2D eigenvalue weighted by Gasteiger charge is -2.35. The van der Waals surface area contributed by atoms with Crippen LogP contribution in [-0.4, -0.2) is 35.7 Å². The average Bonchev–Trinajstić information content (AvgIpc) is 2.43. The van der Waals surface area contributed by atoms with E-state index in [2.05, 4.69) is 0 Å². The van der Waals surface area contributed by atoms with Gasteiger partial charge in [-0.05, 0) is 45.4 Å². The summed E-state index contributed by atoms with van der Waals surface area (Å²) in [6, 6.07) is 6.20. The van der Waals surface area contributed by atoms with E-state index in [-0.39, 0.29) is 0 Å². The summed E-state index contributed by atoms with van der Waals surface area (Å²) in [6.07, 6.45) is -0.0673. The molecule has 23 heavy (non-hydrogen) atoms. The van der Waals surface area contributed by atoms with E-state index >= 15 is 0 Å². The summed E-state index contributed by atoms with van der Waals surface area (Å²) >= 11 is 0.385. The fraction of sp³-hybridized carbons (Fsp3) is 0.500. The Morgan fingerprint density at radius 3 is 2.39 bits per heavy atom. The second-order valence-electron chi connectivity index (χ2n) is 6.21. The quantitative estimate of drug-likeness (QED) is 0.590. The minimum atomic E-state index is -2.56. The Hall–Kier alpha value is -1.63. The van der Waals surface area contributed by atoms with Gasteiger partial charge < -0.3 is 9.53 Å². The molecule has 0 radical (unpaired) electrons. The highest BCUT2D eigenvalue weighted by molar-refractivity contribution is 7.99. The first-order chi connectivity index (χ1) is 10.5. The number of nitrogens with zero attached hydrogens (tertiary/aromatic N) is 1. The topological polar surface area (TPSA) is 46.6 Å². The van der Waals surface area contributed by atoms with E-state index in [1.165, 1.54) is 26.1 Å². The van der Waals surface area contributed by atoms with Gasteiger partial charge in [-0.2, -0.15) is 8.78 Å². The zero-order chi connectivity index (χ0) is 17.8. The number of amides is 1.